The SMILES string of the molecule is OC1(C(F)(F)F)CC(c2ccccc2Cl)=NC1C(F)(F)F. The average molecular weight is 332 g/mol. The van der Waals surface area contributed by atoms with Crippen LogP contribution in [0.1, 0.15) is 12.0 Å². The number of rotatable bonds is 1. The monoisotopic (exact) mass is 331 g/mol. The largest absolute Gasteiger partial charge is 0.420 e. The lowest BCUT2D eigenvalue weighted by molar-refractivity contribution is -0.296. The van der Waals surface area contributed by atoms with Crippen molar-refractivity contribution in [2.75, 3.05) is 0 Å². The second-order valence-corrected chi connectivity index (χ2v) is 5.01. The summed E-state index contributed by atoms with van der Waals surface area (Å²) in [6.07, 6.45) is -12.1. The third-order valence-electron chi connectivity index (χ3n) is 3.16. The number of benzene rings is 1. The molecule has 0 fully saturated rings. The number of hydrogen-bond donors (Lipinski definition) is 1. The summed E-state index contributed by atoms with van der Waals surface area (Å²) in [6.45, 7) is 0. The Balaban J connectivity index is 2.52. The highest BCUT2D eigenvalue weighted by Crippen LogP contribution is 2.47. The second-order valence-electron chi connectivity index (χ2n) is 4.60. The molecule has 21 heavy (non-hydrogen) atoms. The Labute approximate surface area is 120 Å². The zero-order valence-corrected chi connectivity index (χ0v) is 10.9. The van der Waals surface area contributed by atoms with Gasteiger partial charge in [-0.2, -0.15) is 26.3 Å². The number of aliphatic hydroxyl groups is 1. The van der Waals surface area contributed by atoms with Gasteiger partial charge in [0, 0.05) is 22.7 Å². The summed E-state index contributed by atoms with van der Waals surface area (Å²) in [5, 5.41) is 9.50. The third-order valence-corrected chi connectivity index (χ3v) is 3.49. The molecule has 0 bridgehead atoms. The molecule has 1 aliphatic heterocycles. The summed E-state index contributed by atoms with van der Waals surface area (Å²) in [5.41, 5.74) is -4.57. The zero-order valence-electron chi connectivity index (χ0n) is 10.1. The molecule has 1 aromatic rings. The zero-order chi connectivity index (χ0) is 16.1. The van der Waals surface area contributed by atoms with E-state index in [9.17, 15) is 31.4 Å². The minimum Gasteiger partial charge on any atom is -0.378 e. The van der Waals surface area contributed by atoms with Gasteiger partial charge in [-0.15, -0.1) is 0 Å². The van der Waals surface area contributed by atoms with E-state index in [4.69, 9.17) is 11.6 Å². The van der Waals surface area contributed by atoms with Gasteiger partial charge in [0.1, 0.15) is 0 Å². The first kappa shape index (κ1) is 16.1. The molecule has 0 saturated heterocycles. The number of aliphatic imine (C=N–C) groups is 1. The molecule has 0 radical (unpaired) electrons. The first-order chi connectivity index (χ1) is 9.47. The van der Waals surface area contributed by atoms with Crippen LogP contribution in [-0.2, 0) is 0 Å². The summed E-state index contributed by atoms with van der Waals surface area (Å²) < 4.78 is 76.9. The maximum Gasteiger partial charge on any atom is 0.420 e. The first-order valence-corrected chi connectivity index (χ1v) is 6.02. The van der Waals surface area contributed by atoms with Gasteiger partial charge in [0.05, 0.1) is 0 Å². The molecule has 1 heterocycles. The van der Waals surface area contributed by atoms with Crippen LogP contribution in [0.2, 0.25) is 5.02 Å². The van der Waals surface area contributed by atoms with Crippen LogP contribution in [0.5, 0.6) is 0 Å². The van der Waals surface area contributed by atoms with Crippen molar-refractivity contribution in [1.82, 2.24) is 0 Å². The normalized spacial score (nSPS) is 26.9. The molecule has 9 heteroatoms. The molecule has 2 unspecified atom stereocenters. The van der Waals surface area contributed by atoms with E-state index < -0.39 is 36.1 Å². The Morgan fingerprint density at radius 1 is 1.14 bits per heavy atom. The summed E-state index contributed by atoms with van der Waals surface area (Å²) >= 11 is 5.75. The number of nitrogens with zero attached hydrogens (tertiary/aromatic N) is 1. The summed E-state index contributed by atoms with van der Waals surface area (Å²) in [5.74, 6) is 0. The Kier molecular flexibility index (Phi) is 3.74. The molecule has 116 valence electrons. The molecule has 2 nitrogen and oxygen atoms in total. The number of hydrogen-bond acceptors (Lipinski definition) is 2. The van der Waals surface area contributed by atoms with Crippen LogP contribution < -0.4 is 0 Å². The predicted octanol–water partition coefficient (Wildman–Crippen LogP) is 3.76. The van der Waals surface area contributed by atoms with E-state index in [2.05, 4.69) is 4.99 Å². The van der Waals surface area contributed by atoms with Crippen LogP contribution >= 0.6 is 11.6 Å². The molecule has 1 aliphatic rings. The summed E-state index contributed by atoms with van der Waals surface area (Å²) in [4.78, 5) is 3.05. The highest BCUT2D eigenvalue weighted by atomic mass is 35.5. The molecule has 2 atom stereocenters. The highest BCUT2D eigenvalue weighted by Gasteiger charge is 2.69. The molecule has 2 rings (SSSR count). The molecular formula is C12H8ClF6NO. The van der Waals surface area contributed by atoms with Crippen LogP contribution in [0.3, 0.4) is 0 Å². The van der Waals surface area contributed by atoms with E-state index in [1.165, 1.54) is 24.3 Å². The van der Waals surface area contributed by atoms with E-state index in [0.29, 0.717) is 0 Å². The van der Waals surface area contributed by atoms with Gasteiger partial charge >= 0.3 is 12.4 Å². The smallest absolute Gasteiger partial charge is 0.378 e. The topological polar surface area (TPSA) is 32.6 Å². The molecule has 1 N–H and O–H groups in total. The van der Waals surface area contributed by atoms with Crippen LogP contribution in [-0.4, -0.2) is 34.8 Å². The van der Waals surface area contributed by atoms with Crippen LogP contribution in [0.15, 0.2) is 29.3 Å². The van der Waals surface area contributed by atoms with Crippen LogP contribution in [0.25, 0.3) is 0 Å². The summed E-state index contributed by atoms with van der Waals surface area (Å²) in [6, 6.07) is 2.16. The van der Waals surface area contributed by atoms with Crippen molar-refractivity contribution in [2.24, 2.45) is 4.99 Å². The Morgan fingerprint density at radius 3 is 2.14 bits per heavy atom. The van der Waals surface area contributed by atoms with Gasteiger partial charge in [0.15, 0.2) is 11.6 Å². The Morgan fingerprint density at radius 2 is 1.71 bits per heavy atom. The second kappa shape index (κ2) is 4.88. The Hall–Kier alpha value is -1.28. The molecule has 0 amide bonds. The van der Waals surface area contributed by atoms with Gasteiger partial charge in [-0.25, -0.2) is 0 Å². The molecular weight excluding hydrogens is 324 g/mol. The molecule has 0 saturated carbocycles. The maximum atomic E-state index is 12.9. The van der Waals surface area contributed by atoms with Crippen molar-refractivity contribution in [1.29, 1.82) is 0 Å². The standard InChI is InChI=1S/C12H8ClF6NO/c13-7-4-2-1-3-6(7)8-5-10(21,12(17,18)19)9(20-8)11(14,15)16/h1-4,9,21H,5H2. The quantitative estimate of drug-likeness (QED) is 0.781. The van der Waals surface area contributed by atoms with Crippen molar-refractivity contribution in [3.63, 3.8) is 0 Å². The molecule has 1 aromatic carbocycles. The fraction of sp³-hybridized carbons (Fsp3) is 0.417. The van der Waals surface area contributed by atoms with E-state index in [1.54, 1.807) is 0 Å². The van der Waals surface area contributed by atoms with Gasteiger partial charge in [-0.3, -0.25) is 4.99 Å². The van der Waals surface area contributed by atoms with E-state index >= 15 is 0 Å². The fourth-order valence-electron chi connectivity index (χ4n) is 2.12. The summed E-state index contributed by atoms with van der Waals surface area (Å²) in [7, 11) is 0. The third kappa shape index (κ3) is 2.74. The molecule has 0 aromatic heterocycles. The number of alkyl halides is 6. The first-order valence-electron chi connectivity index (χ1n) is 5.64. The van der Waals surface area contributed by atoms with Gasteiger partial charge in [0.2, 0.25) is 0 Å². The van der Waals surface area contributed by atoms with E-state index in [1.807, 2.05) is 0 Å². The minimum atomic E-state index is -5.47. The van der Waals surface area contributed by atoms with Gasteiger partial charge in [-0.1, -0.05) is 29.8 Å². The van der Waals surface area contributed by atoms with Crippen molar-refractivity contribution >= 4 is 17.3 Å². The highest BCUT2D eigenvalue weighted by molar-refractivity contribution is 6.34. The number of halogens is 7. The van der Waals surface area contributed by atoms with Gasteiger partial charge in [-0.05, 0) is 6.07 Å². The van der Waals surface area contributed by atoms with Crippen LogP contribution in [0, 0.1) is 0 Å². The van der Waals surface area contributed by atoms with Crippen molar-refractivity contribution in [3.05, 3.63) is 34.9 Å². The van der Waals surface area contributed by atoms with Crippen molar-refractivity contribution in [2.45, 2.75) is 30.4 Å². The maximum absolute atomic E-state index is 12.9. The fourth-order valence-corrected chi connectivity index (χ4v) is 2.36. The van der Waals surface area contributed by atoms with E-state index in [-0.39, 0.29) is 10.6 Å². The molecule has 0 aliphatic carbocycles. The lowest BCUT2D eigenvalue weighted by Gasteiger charge is -2.31. The van der Waals surface area contributed by atoms with Crippen molar-refractivity contribution < 1.29 is 31.4 Å². The average Bonchev–Trinajstić information content (AvgIpc) is 2.68. The van der Waals surface area contributed by atoms with Crippen molar-refractivity contribution in [3.8, 4) is 0 Å². The minimum absolute atomic E-state index is 0.0383. The van der Waals surface area contributed by atoms with Gasteiger partial charge in [0.25, 0.3) is 0 Å². The lowest BCUT2D eigenvalue weighted by Crippen LogP contribution is -2.56. The molecule has 0 spiro atoms. The van der Waals surface area contributed by atoms with Gasteiger partial charge < -0.3 is 5.11 Å². The Bertz CT molecular complexity index is 582. The predicted molar refractivity (Wildman–Crippen MR) is 63.5 cm³/mol. The van der Waals surface area contributed by atoms with Crippen LogP contribution in [0.4, 0.5) is 26.3 Å². The van der Waals surface area contributed by atoms with E-state index in [0.717, 1.165) is 0 Å². The lowest BCUT2D eigenvalue weighted by atomic mass is 9.90.